The van der Waals surface area contributed by atoms with Crippen molar-refractivity contribution in [2.45, 2.75) is 26.0 Å². The number of ether oxygens (including phenoxy) is 1. The molecule has 1 saturated heterocycles. The molecule has 7 nitrogen and oxygen atoms in total. The molecule has 0 unspecified atom stereocenters. The van der Waals surface area contributed by atoms with Crippen molar-refractivity contribution in [3.63, 3.8) is 0 Å². The Labute approximate surface area is 145 Å². The maximum atomic E-state index is 13.1. The fraction of sp³-hybridized carbons (Fsp3) is 0.389. The number of para-hydroxylation sites is 1. The first kappa shape index (κ1) is 17.2. The standard InChI is InChI=1S/C18H21N3O4/c1-2-20-10-9-19-17(20)16-14(8-11-25-16)18(24)21(12-15(22)23)13-6-4-3-5-7-13/h3-7,9-10,14,16H,2,8,11-12H2,1H3,(H,22,23)/t14-,16-/m1/s1. The van der Waals surface area contributed by atoms with Gasteiger partial charge in [-0.15, -0.1) is 0 Å². The first-order valence-electron chi connectivity index (χ1n) is 8.32. The Balaban J connectivity index is 1.89. The number of nitrogens with zero attached hydrogens (tertiary/aromatic N) is 3. The molecule has 1 aliphatic rings. The second-order valence-electron chi connectivity index (χ2n) is 5.91. The van der Waals surface area contributed by atoms with E-state index in [4.69, 9.17) is 4.74 Å². The molecule has 0 radical (unpaired) electrons. The Morgan fingerprint density at radius 2 is 2.12 bits per heavy atom. The highest BCUT2D eigenvalue weighted by Gasteiger charge is 2.40. The molecule has 0 spiro atoms. The monoisotopic (exact) mass is 343 g/mol. The lowest BCUT2D eigenvalue weighted by Crippen LogP contribution is -2.41. The van der Waals surface area contributed by atoms with Crippen LogP contribution in [0.4, 0.5) is 5.69 Å². The number of anilines is 1. The van der Waals surface area contributed by atoms with Gasteiger partial charge in [-0.1, -0.05) is 18.2 Å². The number of aromatic nitrogens is 2. The van der Waals surface area contributed by atoms with Gasteiger partial charge in [-0.3, -0.25) is 9.59 Å². The Hall–Kier alpha value is -2.67. The van der Waals surface area contributed by atoms with Gasteiger partial charge >= 0.3 is 5.97 Å². The van der Waals surface area contributed by atoms with Gasteiger partial charge in [0.15, 0.2) is 0 Å². The summed E-state index contributed by atoms with van der Waals surface area (Å²) in [4.78, 5) is 30.1. The van der Waals surface area contributed by atoms with Crippen molar-refractivity contribution in [3.8, 4) is 0 Å². The molecule has 132 valence electrons. The molecule has 7 heteroatoms. The van der Waals surface area contributed by atoms with Gasteiger partial charge in [-0.05, 0) is 25.5 Å². The molecule has 2 aromatic rings. The van der Waals surface area contributed by atoms with Gasteiger partial charge in [0.05, 0.1) is 5.92 Å². The first-order chi connectivity index (χ1) is 12.1. The molecule has 1 amide bonds. The number of carbonyl (C=O) groups excluding carboxylic acids is 1. The minimum absolute atomic E-state index is 0.248. The molecular formula is C18H21N3O4. The maximum absolute atomic E-state index is 13.1. The summed E-state index contributed by atoms with van der Waals surface area (Å²) in [6.07, 6.45) is 3.63. The fourth-order valence-electron chi connectivity index (χ4n) is 3.18. The zero-order valence-corrected chi connectivity index (χ0v) is 14.0. The maximum Gasteiger partial charge on any atom is 0.323 e. The Kier molecular flexibility index (Phi) is 5.14. The molecule has 1 N–H and O–H groups in total. The van der Waals surface area contributed by atoms with Crippen LogP contribution in [0.1, 0.15) is 25.3 Å². The van der Waals surface area contributed by atoms with Gasteiger partial charge in [-0.25, -0.2) is 4.98 Å². The third-order valence-electron chi connectivity index (χ3n) is 4.38. The largest absolute Gasteiger partial charge is 0.480 e. The number of amides is 1. The lowest BCUT2D eigenvalue weighted by Gasteiger charge is -2.26. The van der Waals surface area contributed by atoms with E-state index in [1.54, 1.807) is 30.5 Å². The predicted molar refractivity (Wildman–Crippen MR) is 91.1 cm³/mol. The van der Waals surface area contributed by atoms with E-state index >= 15 is 0 Å². The number of hydrogen-bond donors (Lipinski definition) is 1. The first-order valence-corrected chi connectivity index (χ1v) is 8.32. The molecule has 0 bridgehead atoms. The van der Waals surface area contributed by atoms with Gasteiger partial charge < -0.3 is 19.3 Å². The average Bonchev–Trinajstić information content (AvgIpc) is 3.27. The number of carbonyl (C=O) groups is 2. The van der Waals surface area contributed by atoms with Crippen molar-refractivity contribution < 1.29 is 19.4 Å². The molecule has 2 atom stereocenters. The van der Waals surface area contributed by atoms with E-state index in [-0.39, 0.29) is 12.5 Å². The summed E-state index contributed by atoms with van der Waals surface area (Å²) >= 11 is 0. The summed E-state index contributed by atoms with van der Waals surface area (Å²) in [6.45, 7) is 2.80. The van der Waals surface area contributed by atoms with E-state index < -0.39 is 18.0 Å². The Morgan fingerprint density at radius 3 is 2.80 bits per heavy atom. The van der Waals surface area contributed by atoms with Crippen molar-refractivity contribution >= 4 is 17.6 Å². The van der Waals surface area contributed by atoms with Crippen LogP contribution in [0.3, 0.4) is 0 Å². The minimum Gasteiger partial charge on any atom is -0.480 e. The van der Waals surface area contributed by atoms with E-state index in [0.717, 1.165) is 6.54 Å². The van der Waals surface area contributed by atoms with Crippen molar-refractivity contribution in [2.24, 2.45) is 5.92 Å². The van der Waals surface area contributed by atoms with Gasteiger partial charge in [0.1, 0.15) is 18.5 Å². The van der Waals surface area contributed by atoms with Crippen molar-refractivity contribution in [3.05, 3.63) is 48.5 Å². The molecule has 1 aromatic heterocycles. The van der Waals surface area contributed by atoms with E-state index in [0.29, 0.717) is 24.5 Å². The van der Waals surface area contributed by atoms with E-state index in [9.17, 15) is 14.7 Å². The fourth-order valence-corrected chi connectivity index (χ4v) is 3.18. The molecule has 0 aliphatic carbocycles. The Bertz CT molecular complexity index is 744. The average molecular weight is 343 g/mol. The smallest absolute Gasteiger partial charge is 0.323 e. The number of carboxylic acids is 1. The van der Waals surface area contributed by atoms with Crippen molar-refractivity contribution in [1.82, 2.24) is 9.55 Å². The van der Waals surface area contributed by atoms with Gasteiger partial charge in [0.2, 0.25) is 5.91 Å². The highest BCUT2D eigenvalue weighted by molar-refractivity contribution is 5.99. The molecule has 1 fully saturated rings. The van der Waals surface area contributed by atoms with E-state index in [1.165, 1.54) is 4.90 Å². The van der Waals surface area contributed by atoms with E-state index in [1.807, 2.05) is 23.8 Å². The zero-order chi connectivity index (χ0) is 17.8. The van der Waals surface area contributed by atoms with Gasteiger partial charge in [-0.2, -0.15) is 0 Å². The summed E-state index contributed by atoms with van der Waals surface area (Å²) in [7, 11) is 0. The lowest BCUT2D eigenvalue weighted by atomic mass is 9.98. The highest BCUT2D eigenvalue weighted by atomic mass is 16.5. The van der Waals surface area contributed by atoms with Crippen LogP contribution in [-0.4, -0.2) is 39.7 Å². The van der Waals surface area contributed by atoms with Crippen LogP contribution < -0.4 is 4.90 Å². The van der Waals surface area contributed by atoms with Crippen molar-refractivity contribution in [1.29, 1.82) is 0 Å². The van der Waals surface area contributed by atoms with Gasteiger partial charge in [0.25, 0.3) is 0 Å². The highest BCUT2D eigenvalue weighted by Crippen LogP contribution is 2.36. The number of rotatable bonds is 6. The van der Waals surface area contributed by atoms with Gasteiger partial charge in [0, 0.05) is 31.2 Å². The van der Waals surface area contributed by atoms with Crippen LogP contribution in [0, 0.1) is 5.92 Å². The number of benzene rings is 1. The lowest BCUT2D eigenvalue weighted by molar-refractivity contribution is -0.137. The van der Waals surface area contributed by atoms with E-state index in [2.05, 4.69) is 4.98 Å². The Morgan fingerprint density at radius 1 is 1.36 bits per heavy atom. The summed E-state index contributed by atoms with van der Waals surface area (Å²) < 4.78 is 7.73. The predicted octanol–water partition coefficient (Wildman–Crippen LogP) is 2.10. The third kappa shape index (κ3) is 3.56. The number of carboxylic acid groups (broad SMARTS) is 1. The molecule has 2 heterocycles. The second-order valence-corrected chi connectivity index (χ2v) is 5.91. The molecule has 25 heavy (non-hydrogen) atoms. The summed E-state index contributed by atoms with van der Waals surface area (Å²) in [6, 6.07) is 8.86. The quantitative estimate of drug-likeness (QED) is 0.868. The molecular weight excluding hydrogens is 322 g/mol. The van der Waals surface area contributed by atoms with Crippen LogP contribution in [0.25, 0.3) is 0 Å². The van der Waals surface area contributed by atoms with Crippen LogP contribution >= 0.6 is 0 Å². The normalized spacial score (nSPS) is 19.7. The number of aliphatic carboxylic acids is 1. The molecule has 1 aliphatic heterocycles. The second kappa shape index (κ2) is 7.48. The minimum atomic E-state index is -1.05. The topological polar surface area (TPSA) is 84.7 Å². The molecule has 1 aromatic carbocycles. The van der Waals surface area contributed by atoms with Crippen LogP contribution in [0.5, 0.6) is 0 Å². The van der Waals surface area contributed by atoms with Crippen LogP contribution in [0.2, 0.25) is 0 Å². The SMILES string of the molecule is CCn1ccnc1[C@@H]1OCC[C@H]1C(=O)N(CC(=O)O)c1ccccc1. The van der Waals surface area contributed by atoms with Crippen LogP contribution in [0.15, 0.2) is 42.7 Å². The number of hydrogen-bond acceptors (Lipinski definition) is 4. The summed E-state index contributed by atoms with van der Waals surface area (Å²) in [5.74, 6) is -1.04. The zero-order valence-electron chi connectivity index (χ0n) is 14.0. The third-order valence-corrected chi connectivity index (χ3v) is 4.38. The number of imidazole rings is 1. The molecule has 3 rings (SSSR count). The summed E-state index contributed by atoms with van der Waals surface area (Å²) in [5.41, 5.74) is 0.569. The van der Waals surface area contributed by atoms with Crippen molar-refractivity contribution in [2.75, 3.05) is 18.1 Å². The summed E-state index contributed by atoms with van der Waals surface area (Å²) in [5, 5.41) is 9.23. The number of aryl methyl sites for hydroxylation is 1. The van der Waals surface area contributed by atoms with Crippen LogP contribution in [-0.2, 0) is 20.9 Å². The molecule has 0 saturated carbocycles.